The highest BCUT2D eigenvalue weighted by atomic mass is 79.9. The molecule has 0 bridgehead atoms. The van der Waals surface area contributed by atoms with Crippen LogP contribution in [0, 0.1) is 5.82 Å². The van der Waals surface area contributed by atoms with E-state index < -0.39 is 29.0 Å². The summed E-state index contributed by atoms with van der Waals surface area (Å²) in [5.41, 5.74) is -1.73. The fourth-order valence-corrected chi connectivity index (χ4v) is 1.29. The molecule has 0 saturated carbocycles. The van der Waals surface area contributed by atoms with Gasteiger partial charge in [-0.05, 0) is 18.2 Å². The van der Waals surface area contributed by atoms with Crippen molar-refractivity contribution in [2.45, 2.75) is 6.18 Å². The first-order valence-electron chi connectivity index (χ1n) is 4.70. The molecule has 0 fully saturated rings. The van der Waals surface area contributed by atoms with E-state index in [4.69, 9.17) is 0 Å². The minimum Gasteiger partial charge on any atom is -0.347 e. The molecule has 1 aromatic rings. The van der Waals surface area contributed by atoms with Gasteiger partial charge < -0.3 is 5.32 Å². The van der Waals surface area contributed by atoms with E-state index in [9.17, 15) is 22.4 Å². The molecule has 7 heteroatoms. The summed E-state index contributed by atoms with van der Waals surface area (Å²) in [6.45, 7) is 3.42. The number of hydrogen-bond donors (Lipinski definition) is 1. The SMILES string of the molecule is C=C(Br)CNC(=O)c1cc(C(F)(F)F)ccc1F. The first-order chi connectivity index (χ1) is 8.21. The highest BCUT2D eigenvalue weighted by Crippen LogP contribution is 2.30. The lowest BCUT2D eigenvalue weighted by Crippen LogP contribution is -2.25. The number of amides is 1. The maximum Gasteiger partial charge on any atom is 0.416 e. The third-order valence-electron chi connectivity index (χ3n) is 1.98. The lowest BCUT2D eigenvalue weighted by Gasteiger charge is -2.10. The molecule has 0 radical (unpaired) electrons. The van der Waals surface area contributed by atoms with Crippen molar-refractivity contribution in [1.29, 1.82) is 0 Å². The van der Waals surface area contributed by atoms with Gasteiger partial charge in [-0.3, -0.25) is 4.79 Å². The number of hydrogen-bond acceptors (Lipinski definition) is 1. The van der Waals surface area contributed by atoms with E-state index in [2.05, 4.69) is 27.8 Å². The zero-order valence-electron chi connectivity index (χ0n) is 8.94. The van der Waals surface area contributed by atoms with Gasteiger partial charge in [0.25, 0.3) is 5.91 Å². The Balaban J connectivity index is 3.01. The first-order valence-corrected chi connectivity index (χ1v) is 5.49. The van der Waals surface area contributed by atoms with Crippen LogP contribution in [0.3, 0.4) is 0 Å². The van der Waals surface area contributed by atoms with Crippen molar-refractivity contribution >= 4 is 21.8 Å². The Kier molecular flexibility index (Phi) is 4.50. The largest absolute Gasteiger partial charge is 0.416 e. The Bertz CT molecular complexity index is 484. The molecule has 1 N–H and O–H groups in total. The van der Waals surface area contributed by atoms with Crippen LogP contribution < -0.4 is 5.32 Å². The van der Waals surface area contributed by atoms with Crippen LogP contribution in [0.2, 0.25) is 0 Å². The van der Waals surface area contributed by atoms with Gasteiger partial charge in [0.2, 0.25) is 0 Å². The fraction of sp³-hybridized carbons (Fsp3) is 0.182. The molecule has 1 rings (SSSR count). The van der Waals surface area contributed by atoms with Crippen LogP contribution in [0.15, 0.2) is 29.3 Å². The number of benzene rings is 1. The molecule has 2 nitrogen and oxygen atoms in total. The van der Waals surface area contributed by atoms with Crippen molar-refractivity contribution in [3.63, 3.8) is 0 Å². The molecule has 1 aromatic carbocycles. The molecule has 0 aliphatic heterocycles. The third-order valence-corrected chi connectivity index (χ3v) is 2.26. The number of alkyl halides is 3. The van der Waals surface area contributed by atoms with Crippen LogP contribution in [0.1, 0.15) is 15.9 Å². The number of carbonyl (C=O) groups excluding carboxylic acids is 1. The van der Waals surface area contributed by atoms with E-state index in [-0.39, 0.29) is 6.54 Å². The maximum atomic E-state index is 13.3. The second-order valence-corrected chi connectivity index (χ2v) is 4.51. The number of carbonyl (C=O) groups is 1. The number of nitrogens with one attached hydrogen (secondary N) is 1. The van der Waals surface area contributed by atoms with Gasteiger partial charge in [-0.25, -0.2) is 4.39 Å². The minimum absolute atomic E-state index is 0.00544. The second kappa shape index (κ2) is 5.51. The van der Waals surface area contributed by atoms with Gasteiger partial charge in [0.1, 0.15) is 5.82 Å². The molecule has 1 amide bonds. The Labute approximate surface area is 109 Å². The van der Waals surface area contributed by atoms with E-state index in [1.807, 2.05) is 0 Å². The molecule has 0 aliphatic carbocycles. The third kappa shape index (κ3) is 3.83. The zero-order valence-corrected chi connectivity index (χ0v) is 10.5. The van der Waals surface area contributed by atoms with Crippen LogP contribution >= 0.6 is 15.9 Å². The maximum absolute atomic E-state index is 13.3. The van der Waals surface area contributed by atoms with Crippen molar-refractivity contribution in [2.75, 3.05) is 6.54 Å². The number of rotatable bonds is 3. The van der Waals surface area contributed by atoms with Gasteiger partial charge in [-0.1, -0.05) is 22.5 Å². The van der Waals surface area contributed by atoms with Crippen LogP contribution in [-0.4, -0.2) is 12.5 Å². The monoisotopic (exact) mass is 325 g/mol. The molecule has 18 heavy (non-hydrogen) atoms. The van der Waals surface area contributed by atoms with Crippen LogP contribution in [0.4, 0.5) is 17.6 Å². The van der Waals surface area contributed by atoms with Gasteiger partial charge in [0.15, 0.2) is 0 Å². The lowest BCUT2D eigenvalue weighted by atomic mass is 10.1. The normalized spacial score (nSPS) is 11.2. The van der Waals surface area contributed by atoms with E-state index >= 15 is 0 Å². The van der Waals surface area contributed by atoms with Gasteiger partial charge in [-0.15, -0.1) is 0 Å². The Morgan fingerprint density at radius 3 is 2.50 bits per heavy atom. The van der Waals surface area contributed by atoms with E-state index in [1.165, 1.54) is 0 Å². The molecule has 0 saturated heterocycles. The minimum atomic E-state index is -4.62. The molecule has 0 atom stereocenters. The second-order valence-electron chi connectivity index (χ2n) is 3.39. The van der Waals surface area contributed by atoms with Crippen molar-refractivity contribution in [2.24, 2.45) is 0 Å². The van der Waals surface area contributed by atoms with Gasteiger partial charge >= 0.3 is 6.18 Å². The summed E-state index contributed by atoms with van der Waals surface area (Å²) in [4.78, 5) is 11.5. The molecule has 0 unspecified atom stereocenters. The summed E-state index contributed by atoms with van der Waals surface area (Å²) in [5.74, 6) is -1.94. The molecule has 0 aromatic heterocycles. The predicted octanol–water partition coefficient (Wildman–Crippen LogP) is 3.48. The first kappa shape index (κ1) is 14.7. The van der Waals surface area contributed by atoms with Crippen molar-refractivity contribution in [1.82, 2.24) is 5.32 Å². The molecular formula is C11H8BrF4NO. The summed E-state index contributed by atoms with van der Waals surface area (Å²) >= 11 is 2.96. The summed E-state index contributed by atoms with van der Waals surface area (Å²) in [6, 6.07) is 1.66. The Hall–Kier alpha value is -1.37. The summed E-state index contributed by atoms with van der Waals surface area (Å²) < 4.78 is 50.9. The Morgan fingerprint density at radius 1 is 1.39 bits per heavy atom. The molecular weight excluding hydrogens is 318 g/mol. The molecule has 0 aliphatic rings. The van der Waals surface area contributed by atoms with E-state index in [0.29, 0.717) is 22.7 Å². The van der Waals surface area contributed by atoms with Crippen molar-refractivity contribution in [3.05, 3.63) is 46.2 Å². The number of halogens is 5. The van der Waals surface area contributed by atoms with Gasteiger partial charge in [0.05, 0.1) is 11.1 Å². The Morgan fingerprint density at radius 2 is 2.00 bits per heavy atom. The smallest absolute Gasteiger partial charge is 0.347 e. The quantitative estimate of drug-likeness (QED) is 0.847. The van der Waals surface area contributed by atoms with Crippen LogP contribution in [-0.2, 0) is 6.18 Å². The molecule has 0 heterocycles. The topological polar surface area (TPSA) is 29.1 Å². The van der Waals surface area contributed by atoms with E-state index in [0.717, 1.165) is 0 Å². The molecule has 0 spiro atoms. The predicted molar refractivity (Wildman–Crippen MR) is 61.8 cm³/mol. The van der Waals surface area contributed by atoms with Gasteiger partial charge in [0, 0.05) is 11.0 Å². The highest BCUT2D eigenvalue weighted by Gasteiger charge is 2.31. The standard InChI is InChI=1S/C11H8BrF4NO/c1-6(12)5-17-10(18)8-4-7(11(14,15)16)2-3-9(8)13/h2-4H,1,5H2,(H,17,18). The van der Waals surface area contributed by atoms with Crippen LogP contribution in [0.25, 0.3) is 0 Å². The zero-order chi connectivity index (χ0) is 13.9. The average Bonchev–Trinajstić information content (AvgIpc) is 2.24. The fourth-order valence-electron chi connectivity index (χ4n) is 1.15. The molecule has 98 valence electrons. The van der Waals surface area contributed by atoms with Gasteiger partial charge in [-0.2, -0.15) is 13.2 Å². The van der Waals surface area contributed by atoms with E-state index in [1.54, 1.807) is 0 Å². The highest BCUT2D eigenvalue weighted by molar-refractivity contribution is 9.11. The van der Waals surface area contributed by atoms with Crippen LogP contribution in [0.5, 0.6) is 0 Å². The summed E-state index contributed by atoms with van der Waals surface area (Å²) in [6.07, 6.45) is -4.62. The summed E-state index contributed by atoms with van der Waals surface area (Å²) in [5, 5.41) is 2.23. The average molecular weight is 326 g/mol. The van der Waals surface area contributed by atoms with Crippen molar-refractivity contribution in [3.8, 4) is 0 Å². The van der Waals surface area contributed by atoms with Crippen molar-refractivity contribution < 1.29 is 22.4 Å². The summed E-state index contributed by atoms with van der Waals surface area (Å²) in [7, 11) is 0. The lowest BCUT2D eigenvalue weighted by molar-refractivity contribution is -0.137.